The molecule has 18 heavy (non-hydrogen) atoms. The van der Waals surface area contributed by atoms with Crippen LogP contribution in [0.15, 0.2) is 30.5 Å². The zero-order chi connectivity index (χ0) is 11.8. The Bertz CT molecular complexity index is 530. The lowest BCUT2D eigenvalue weighted by atomic mass is 10.1. The van der Waals surface area contributed by atoms with Gasteiger partial charge in [-0.05, 0) is 19.8 Å². The van der Waals surface area contributed by atoms with Gasteiger partial charge in [0.1, 0.15) is 5.82 Å². The van der Waals surface area contributed by atoms with Gasteiger partial charge in [0.25, 0.3) is 0 Å². The molecule has 2 aromatic rings. The van der Waals surface area contributed by atoms with Gasteiger partial charge in [0.05, 0.1) is 0 Å². The SMILES string of the molecule is Cc1ccc(-c2ncc3n2CC(N)CC3)cc1.Cl. The van der Waals surface area contributed by atoms with Crippen molar-refractivity contribution in [2.24, 2.45) is 5.73 Å². The van der Waals surface area contributed by atoms with Crippen LogP contribution in [0, 0.1) is 6.92 Å². The Kier molecular flexibility index (Phi) is 3.73. The lowest BCUT2D eigenvalue weighted by Crippen LogP contribution is -2.31. The van der Waals surface area contributed by atoms with Crippen LogP contribution in [0.4, 0.5) is 0 Å². The fourth-order valence-corrected chi connectivity index (χ4v) is 2.41. The minimum atomic E-state index is 0. The molecule has 4 heteroatoms. The quantitative estimate of drug-likeness (QED) is 0.859. The standard InChI is InChI=1S/C14H17N3.ClH/c1-10-2-4-11(5-3-10)14-16-8-13-7-6-12(15)9-17(13)14;/h2-5,8,12H,6-7,9,15H2,1H3;1H. The highest BCUT2D eigenvalue weighted by Gasteiger charge is 2.19. The maximum atomic E-state index is 6.03. The third-order valence-corrected chi connectivity index (χ3v) is 3.44. The summed E-state index contributed by atoms with van der Waals surface area (Å²) in [6.45, 7) is 2.99. The molecule has 1 aliphatic rings. The Labute approximate surface area is 113 Å². The Morgan fingerprint density at radius 3 is 2.72 bits per heavy atom. The molecule has 0 saturated heterocycles. The van der Waals surface area contributed by atoms with Gasteiger partial charge in [-0.3, -0.25) is 0 Å². The van der Waals surface area contributed by atoms with E-state index < -0.39 is 0 Å². The summed E-state index contributed by atoms with van der Waals surface area (Å²) in [4.78, 5) is 4.54. The van der Waals surface area contributed by atoms with Crippen molar-refractivity contribution in [1.29, 1.82) is 0 Å². The fourth-order valence-electron chi connectivity index (χ4n) is 2.41. The van der Waals surface area contributed by atoms with Crippen molar-refractivity contribution >= 4 is 12.4 Å². The van der Waals surface area contributed by atoms with Crippen molar-refractivity contribution in [3.05, 3.63) is 41.7 Å². The van der Waals surface area contributed by atoms with Crippen LogP contribution in [0.5, 0.6) is 0 Å². The first-order valence-corrected chi connectivity index (χ1v) is 6.11. The van der Waals surface area contributed by atoms with Crippen LogP contribution < -0.4 is 5.73 Å². The van der Waals surface area contributed by atoms with Crippen LogP contribution in [-0.2, 0) is 13.0 Å². The molecular formula is C14H18ClN3. The maximum absolute atomic E-state index is 6.03. The van der Waals surface area contributed by atoms with Gasteiger partial charge in [0, 0.05) is 30.0 Å². The molecule has 1 atom stereocenters. The molecule has 1 unspecified atom stereocenters. The second kappa shape index (κ2) is 5.12. The van der Waals surface area contributed by atoms with E-state index in [0.29, 0.717) is 0 Å². The zero-order valence-corrected chi connectivity index (χ0v) is 11.3. The number of nitrogens with two attached hydrogens (primary N) is 1. The monoisotopic (exact) mass is 263 g/mol. The van der Waals surface area contributed by atoms with E-state index >= 15 is 0 Å². The third kappa shape index (κ3) is 2.28. The number of rotatable bonds is 1. The van der Waals surface area contributed by atoms with Crippen molar-refractivity contribution in [2.45, 2.75) is 32.4 Å². The lowest BCUT2D eigenvalue weighted by Gasteiger charge is -2.22. The summed E-state index contributed by atoms with van der Waals surface area (Å²) < 4.78 is 2.26. The first kappa shape index (κ1) is 13.1. The number of hydrogen-bond donors (Lipinski definition) is 1. The third-order valence-electron chi connectivity index (χ3n) is 3.44. The van der Waals surface area contributed by atoms with Gasteiger partial charge in [-0.1, -0.05) is 29.8 Å². The molecule has 0 aliphatic carbocycles. The average molecular weight is 264 g/mol. The average Bonchev–Trinajstić information content (AvgIpc) is 2.73. The topological polar surface area (TPSA) is 43.8 Å². The number of benzene rings is 1. The maximum Gasteiger partial charge on any atom is 0.140 e. The molecule has 0 bridgehead atoms. The van der Waals surface area contributed by atoms with Crippen LogP contribution in [0.3, 0.4) is 0 Å². The number of aryl methyl sites for hydroxylation is 2. The molecular weight excluding hydrogens is 246 g/mol. The predicted molar refractivity (Wildman–Crippen MR) is 75.9 cm³/mol. The van der Waals surface area contributed by atoms with Gasteiger partial charge in [0.15, 0.2) is 0 Å². The van der Waals surface area contributed by atoms with Crippen LogP contribution in [0.2, 0.25) is 0 Å². The summed E-state index contributed by atoms with van der Waals surface area (Å²) in [5, 5.41) is 0. The number of fused-ring (bicyclic) bond motifs is 1. The molecule has 0 saturated carbocycles. The molecule has 0 spiro atoms. The Balaban J connectivity index is 0.00000120. The highest BCUT2D eigenvalue weighted by molar-refractivity contribution is 5.85. The largest absolute Gasteiger partial charge is 0.327 e. The lowest BCUT2D eigenvalue weighted by molar-refractivity contribution is 0.463. The van der Waals surface area contributed by atoms with Crippen LogP contribution in [0.25, 0.3) is 11.4 Å². The molecule has 0 amide bonds. The smallest absolute Gasteiger partial charge is 0.140 e. The van der Waals surface area contributed by atoms with E-state index in [4.69, 9.17) is 5.73 Å². The molecule has 0 fully saturated rings. The minimum Gasteiger partial charge on any atom is -0.327 e. The number of halogens is 1. The number of nitrogens with zero attached hydrogens (tertiary/aromatic N) is 2. The molecule has 3 nitrogen and oxygen atoms in total. The van der Waals surface area contributed by atoms with Crippen molar-refractivity contribution in [3.63, 3.8) is 0 Å². The van der Waals surface area contributed by atoms with Crippen LogP contribution >= 0.6 is 12.4 Å². The number of aromatic nitrogens is 2. The molecule has 1 aliphatic heterocycles. The molecule has 2 N–H and O–H groups in total. The van der Waals surface area contributed by atoms with E-state index in [0.717, 1.165) is 25.2 Å². The van der Waals surface area contributed by atoms with Crippen LogP contribution in [-0.4, -0.2) is 15.6 Å². The van der Waals surface area contributed by atoms with Gasteiger partial charge in [0.2, 0.25) is 0 Å². The summed E-state index contributed by atoms with van der Waals surface area (Å²) in [5.41, 5.74) is 9.79. The fraction of sp³-hybridized carbons (Fsp3) is 0.357. The van der Waals surface area contributed by atoms with Crippen LogP contribution in [0.1, 0.15) is 17.7 Å². The van der Waals surface area contributed by atoms with E-state index in [2.05, 4.69) is 40.7 Å². The zero-order valence-electron chi connectivity index (χ0n) is 10.5. The van der Waals surface area contributed by atoms with Crippen molar-refractivity contribution in [2.75, 3.05) is 0 Å². The summed E-state index contributed by atoms with van der Waals surface area (Å²) in [6.07, 6.45) is 4.10. The highest BCUT2D eigenvalue weighted by atomic mass is 35.5. The molecule has 3 rings (SSSR count). The summed E-state index contributed by atoms with van der Waals surface area (Å²) in [7, 11) is 0. The molecule has 0 radical (unpaired) electrons. The van der Waals surface area contributed by atoms with Crippen molar-refractivity contribution < 1.29 is 0 Å². The highest BCUT2D eigenvalue weighted by Crippen LogP contribution is 2.24. The first-order valence-electron chi connectivity index (χ1n) is 6.11. The molecule has 1 aromatic heterocycles. The second-order valence-corrected chi connectivity index (χ2v) is 4.85. The van der Waals surface area contributed by atoms with E-state index in [9.17, 15) is 0 Å². The normalized spacial score (nSPS) is 18.0. The summed E-state index contributed by atoms with van der Waals surface area (Å²) >= 11 is 0. The Morgan fingerprint density at radius 1 is 1.28 bits per heavy atom. The van der Waals surface area contributed by atoms with Crippen molar-refractivity contribution in [3.8, 4) is 11.4 Å². The van der Waals surface area contributed by atoms with Gasteiger partial charge in [-0.15, -0.1) is 12.4 Å². The summed E-state index contributed by atoms with van der Waals surface area (Å²) in [5.74, 6) is 1.05. The van der Waals surface area contributed by atoms with Crippen molar-refractivity contribution in [1.82, 2.24) is 9.55 Å². The molecule has 2 heterocycles. The second-order valence-electron chi connectivity index (χ2n) is 4.85. The van der Waals surface area contributed by atoms with E-state index in [1.807, 2.05) is 6.20 Å². The van der Waals surface area contributed by atoms with E-state index in [1.54, 1.807) is 0 Å². The Morgan fingerprint density at radius 2 is 2.00 bits per heavy atom. The minimum absolute atomic E-state index is 0. The van der Waals surface area contributed by atoms with Gasteiger partial charge in [-0.25, -0.2) is 4.98 Å². The predicted octanol–water partition coefficient (Wildman–Crippen LogP) is 2.55. The van der Waals surface area contributed by atoms with E-state index in [1.165, 1.54) is 16.8 Å². The van der Waals surface area contributed by atoms with Gasteiger partial charge < -0.3 is 10.3 Å². The first-order chi connectivity index (χ1) is 8.24. The van der Waals surface area contributed by atoms with Gasteiger partial charge >= 0.3 is 0 Å². The Hall–Kier alpha value is -1.32. The summed E-state index contributed by atoms with van der Waals surface area (Å²) in [6, 6.07) is 8.77. The van der Waals surface area contributed by atoms with E-state index in [-0.39, 0.29) is 18.4 Å². The molecule has 1 aromatic carbocycles. The van der Waals surface area contributed by atoms with Gasteiger partial charge in [-0.2, -0.15) is 0 Å². The number of hydrogen-bond acceptors (Lipinski definition) is 2. The number of imidazole rings is 1. The molecule has 96 valence electrons.